The maximum atomic E-state index is 13.1. The molecule has 3 aromatic rings. The van der Waals surface area contributed by atoms with Crippen molar-refractivity contribution in [3.8, 4) is 6.07 Å². The smallest absolute Gasteiger partial charge is 0.410 e. The number of halogens is 1. The minimum absolute atomic E-state index is 0.214. The lowest BCUT2D eigenvalue weighted by molar-refractivity contribution is -0.0315. The molecule has 2 saturated carbocycles. The van der Waals surface area contributed by atoms with Crippen LogP contribution in [0.4, 0.5) is 4.79 Å². The van der Waals surface area contributed by atoms with E-state index < -0.39 is 5.60 Å². The Kier molecular flexibility index (Phi) is 7.11. The van der Waals surface area contributed by atoms with Gasteiger partial charge in [0.15, 0.2) is 5.82 Å². The van der Waals surface area contributed by atoms with E-state index >= 15 is 0 Å². The van der Waals surface area contributed by atoms with Crippen LogP contribution in [-0.4, -0.2) is 56.0 Å². The number of hydrogen-bond acceptors (Lipinski definition) is 8. The van der Waals surface area contributed by atoms with Crippen molar-refractivity contribution in [2.45, 2.75) is 88.4 Å². The summed E-state index contributed by atoms with van der Waals surface area (Å²) in [4.78, 5) is 24.2. The zero-order valence-corrected chi connectivity index (χ0v) is 23.9. The van der Waals surface area contributed by atoms with E-state index in [-0.39, 0.29) is 18.1 Å². The zero-order valence-electron chi connectivity index (χ0n) is 23.1. The molecule has 1 aromatic carbocycles. The van der Waals surface area contributed by atoms with E-state index in [0.29, 0.717) is 53.5 Å². The monoisotopic (exact) mass is 578 g/mol. The summed E-state index contributed by atoms with van der Waals surface area (Å²) in [5, 5.41) is 14.1. The molecule has 4 aliphatic rings. The van der Waals surface area contributed by atoms with Gasteiger partial charge < -0.3 is 23.5 Å². The molecule has 4 atom stereocenters. The fourth-order valence-electron chi connectivity index (χ4n) is 7.52. The number of carbonyl (C=O) groups is 1. The predicted octanol–water partition coefficient (Wildman–Crippen LogP) is 6.15. The highest BCUT2D eigenvalue weighted by atomic mass is 35.5. The molecule has 0 radical (unpaired) electrons. The molecule has 2 aromatic heterocycles. The maximum Gasteiger partial charge on any atom is 0.410 e. The van der Waals surface area contributed by atoms with Crippen LogP contribution in [0.1, 0.15) is 93.5 Å². The molecule has 1 spiro atoms. The Morgan fingerprint density at radius 2 is 2.00 bits per heavy atom. The summed E-state index contributed by atoms with van der Waals surface area (Å²) >= 11 is 6.37. The molecule has 0 N–H and O–H groups in total. The highest BCUT2D eigenvalue weighted by Crippen LogP contribution is 2.42. The number of carbonyl (C=O) groups excluding carboxylic acids is 1. The van der Waals surface area contributed by atoms with Gasteiger partial charge >= 0.3 is 6.09 Å². The molecule has 11 heteroatoms. The van der Waals surface area contributed by atoms with Gasteiger partial charge in [-0.3, -0.25) is 0 Å². The van der Waals surface area contributed by atoms with Gasteiger partial charge in [-0.1, -0.05) is 29.6 Å². The van der Waals surface area contributed by atoms with Crippen molar-refractivity contribution in [3.63, 3.8) is 0 Å². The minimum Gasteiger partial charge on any atom is -0.441 e. The summed E-state index contributed by atoms with van der Waals surface area (Å²) in [6.07, 6.45) is 11.5. The number of hydrogen-bond donors (Lipinski definition) is 0. The summed E-state index contributed by atoms with van der Waals surface area (Å²) in [7, 11) is 0. The molecule has 216 valence electrons. The molecule has 1 amide bonds. The molecular formula is C30H35ClN6O4. The molecule has 10 nitrogen and oxygen atoms in total. The highest BCUT2D eigenvalue weighted by molar-refractivity contribution is 6.35. The number of imidazole rings is 1. The second kappa shape index (κ2) is 10.9. The van der Waals surface area contributed by atoms with E-state index in [0.717, 1.165) is 69.3 Å². The SMILES string of the molecule is N#Cc1cc(Cl)c2ncn(CC3CCCC4(C3)CN(CC3CCOC(c5nc(C6CCCC6)no5)C3)C(=O)O4)c2c1. The summed E-state index contributed by atoms with van der Waals surface area (Å²) in [6, 6.07) is 5.67. The molecule has 4 fully saturated rings. The summed E-state index contributed by atoms with van der Waals surface area (Å²) in [5.41, 5.74) is 1.64. The normalized spacial score (nSPS) is 28.9. The van der Waals surface area contributed by atoms with E-state index in [9.17, 15) is 10.1 Å². The first-order valence-corrected chi connectivity index (χ1v) is 15.3. The van der Waals surface area contributed by atoms with Crippen LogP contribution in [0.15, 0.2) is 23.0 Å². The minimum atomic E-state index is -0.459. The molecule has 7 rings (SSSR count). The molecule has 2 saturated heterocycles. The van der Waals surface area contributed by atoms with Crippen LogP contribution in [0, 0.1) is 23.2 Å². The second-order valence-corrected chi connectivity index (χ2v) is 12.9. The molecule has 2 aliphatic carbocycles. The summed E-state index contributed by atoms with van der Waals surface area (Å²) in [5.74, 6) is 2.41. The lowest BCUT2D eigenvalue weighted by atomic mass is 9.77. The van der Waals surface area contributed by atoms with E-state index in [4.69, 9.17) is 30.6 Å². The van der Waals surface area contributed by atoms with Gasteiger partial charge in [0.2, 0.25) is 0 Å². The number of rotatable bonds is 6. The molecule has 41 heavy (non-hydrogen) atoms. The van der Waals surface area contributed by atoms with Gasteiger partial charge in [0, 0.05) is 25.6 Å². The van der Waals surface area contributed by atoms with Crippen LogP contribution < -0.4 is 0 Å². The number of nitrogens with zero attached hydrogens (tertiary/aromatic N) is 6. The third-order valence-electron chi connectivity index (χ3n) is 9.53. The lowest BCUT2D eigenvalue weighted by Crippen LogP contribution is -2.41. The topological polar surface area (TPSA) is 119 Å². The van der Waals surface area contributed by atoms with Gasteiger partial charge in [-0.2, -0.15) is 10.2 Å². The highest BCUT2D eigenvalue weighted by Gasteiger charge is 2.48. The molecule has 2 aliphatic heterocycles. The van der Waals surface area contributed by atoms with Gasteiger partial charge in [0.05, 0.1) is 35.0 Å². The van der Waals surface area contributed by atoms with Crippen molar-refractivity contribution in [3.05, 3.63) is 40.8 Å². The van der Waals surface area contributed by atoms with Crippen LogP contribution in [0.3, 0.4) is 0 Å². The van der Waals surface area contributed by atoms with E-state index in [1.807, 2.05) is 11.0 Å². The van der Waals surface area contributed by atoms with Crippen LogP contribution >= 0.6 is 11.6 Å². The average molecular weight is 579 g/mol. The van der Waals surface area contributed by atoms with Crippen LogP contribution in [0.25, 0.3) is 11.0 Å². The third-order valence-corrected chi connectivity index (χ3v) is 9.82. The number of fused-ring (bicyclic) bond motifs is 1. The summed E-state index contributed by atoms with van der Waals surface area (Å²) < 4.78 is 19.9. The summed E-state index contributed by atoms with van der Waals surface area (Å²) in [6.45, 7) is 2.63. The van der Waals surface area contributed by atoms with Crippen molar-refractivity contribution >= 4 is 28.7 Å². The first-order chi connectivity index (χ1) is 20.0. The van der Waals surface area contributed by atoms with Crippen LogP contribution in [-0.2, 0) is 16.0 Å². The Morgan fingerprint density at radius 3 is 2.85 bits per heavy atom. The average Bonchev–Trinajstić information content (AvgIpc) is 3.77. The molecule has 4 heterocycles. The van der Waals surface area contributed by atoms with Crippen molar-refractivity contribution in [2.24, 2.45) is 11.8 Å². The van der Waals surface area contributed by atoms with E-state index in [1.54, 1.807) is 12.4 Å². The second-order valence-electron chi connectivity index (χ2n) is 12.5. The molecule has 0 bridgehead atoms. The molecule has 4 unspecified atom stereocenters. The number of amides is 1. The predicted molar refractivity (Wildman–Crippen MR) is 149 cm³/mol. The lowest BCUT2D eigenvalue weighted by Gasteiger charge is -2.36. The Hall–Kier alpha value is -3.16. The van der Waals surface area contributed by atoms with Gasteiger partial charge in [-0.05, 0) is 75.3 Å². The van der Waals surface area contributed by atoms with Gasteiger partial charge in [0.25, 0.3) is 5.89 Å². The third kappa shape index (κ3) is 5.30. The van der Waals surface area contributed by atoms with Crippen molar-refractivity contribution in [1.82, 2.24) is 24.6 Å². The number of benzene rings is 1. The maximum absolute atomic E-state index is 13.1. The quantitative estimate of drug-likeness (QED) is 0.341. The Morgan fingerprint density at radius 1 is 1.12 bits per heavy atom. The first-order valence-electron chi connectivity index (χ1n) is 15.0. The van der Waals surface area contributed by atoms with E-state index in [1.165, 1.54) is 12.8 Å². The largest absolute Gasteiger partial charge is 0.441 e. The van der Waals surface area contributed by atoms with Gasteiger partial charge in [0.1, 0.15) is 17.2 Å². The van der Waals surface area contributed by atoms with Crippen molar-refractivity contribution in [1.29, 1.82) is 5.26 Å². The fourth-order valence-corrected chi connectivity index (χ4v) is 7.78. The Bertz CT molecular complexity index is 1480. The van der Waals surface area contributed by atoms with Gasteiger partial charge in [-0.15, -0.1) is 0 Å². The number of aromatic nitrogens is 4. The fraction of sp³-hybridized carbons (Fsp3) is 0.633. The van der Waals surface area contributed by atoms with Crippen LogP contribution in [0.5, 0.6) is 0 Å². The van der Waals surface area contributed by atoms with E-state index in [2.05, 4.69) is 20.8 Å². The molecular weight excluding hydrogens is 544 g/mol. The first kappa shape index (κ1) is 26.7. The number of nitriles is 1. The van der Waals surface area contributed by atoms with Gasteiger partial charge in [-0.25, -0.2) is 9.78 Å². The Balaban J connectivity index is 0.986. The standard InChI is InChI=1S/C30H35ClN6O4/c31-23-10-21(14-32)11-24-26(23)33-18-37(24)16-20-4-3-8-30(13-20)17-36(29(38)40-30)15-19-7-9-39-25(12-19)28-34-27(35-41-28)22-5-1-2-6-22/h10-11,18-20,22,25H,1-9,12-13,15-17H2. The van der Waals surface area contributed by atoms with Crippen LogP contribution in [0.2, 0.25) is 5.02 Å². The zero-order chi connectivity index (χ0) is 28.0. The Labute approximate surface area is 243 Å². The van der Waals surface area contributed by atoms with Crippen molar-refractivity contribution < 1.29 is 18.8 Å². The number of ether oxygens (including phenoxy) is 2. The van der Waals surface area contributed by atoms with Crippen molar-refractivity contribution in [2.75, 3.05) is 19.7 Å².